The van der Waals surface area contributed by atoms with E-state index in [1.807, 2.05) is 0 Å². The van der Waals surface area contributed by atoms with Crippen LogP contribution in [-0.2, 0) is 26.2 Å². The van der Waals surface area contributed by atoms with Gasteiger partial charge in [0.05, 0.1) is 0 Å². The van der Waals surface area contributed by atoms with E-state index in [0.29, 0.717) is 0 Å². The number of hydrogen-bond donors (Lipinski definition) is 0. The predicted molar refractivity (Wildman–Crippen MR) is 12.2 cm³/mol. The summed E-state index contributed by atoms with van der Waals surface area (Å²) in [5, 5.41) is 0. The van der Waals surface area contributed by atoms with Crippen LogP contribution in [0.15, 0.2) is 0 Å². The van der Waals surface area contributed by atoms with Gasteiger partial charge in [-0.15, -0.1) is 0 Å². The van der Waals surface area contributed by atoms with Crippen LogP contribution in [0.25, 0.3) is 0 Å². The van der Waals surface area contributed by atoms with Crippen LogP contribution < -0.4 is 48.4 Å². The van der Waals surface area contributed by atoms with Gasteiger partial charge >= 0.3 is 48.4 Å². The van der Waals surface area contributed by atoms with Gasteiger partial charge in [-0.05, 0) is 0 Å². The van der Waals surface area contributed by atoms with Gasteiger partial charge in [-0.3, -0.25) is 18.8 Å². The van der Waals surface area contributed by atoms with Crippen LogP contribution in [0.5, 0.6) is 0 Å². The van der Waals surface area contributed by atoms with E-state index in [1.165, 1.54) is 0 Å². The summed E-state index contributed by atoms with van der Waals surface area (Å²) in [5.74, 6) is 0. The maximum absolute atomic E-state index is 0. The predicted octanol–water partition coefficient (Wildman–Crippen LogP) is -5.16. The Morgan fingerprint density at radius 2 is 0.714 bits per heavy atom. The van der Waals surface area contributed by atoms with Crippen molar-refractivity contribution in [3.05, 3.63) is 0 Å². The van der Waals surface area contributed by atoms with Crippen LogP contribution in [0.4, 0.5) is 18.8 Å². The van der Waals surface area contributed by atoms with Crippen LogP contribution in [0.1, 0.15) is 2.85 Å². The molecule has 0 rings (SSSR count). The van der Waals surface area contributed by atoms with Crippen molar-refractivity contribution >= 4 is 0 Å². The molecule has 0 radical (unpaired) electrons. The third-order valence-corrected chi connectivity index (χ3v) is 0. The zero-order valence-corrected chi connectivity index (χ0v) is 8.59. The Morgan fingerprint density at radius 1 is 0.714 bits per heavy atom. The quantitative estimate of drug-likeness (QED) is 0.273. The van der Waals surface area contributed by atoms with E-state index < -0.39 is 0 Å². The third kappa shape index (κ3) is 65.1. The van der Waals surface area contributed by atoms with E-state index >= 15 is 0 Å². The summed E-state index contributed by atoms with van der Waals surface area (Å²) in [4.78, 5) is 0. The van der Waals surface area contributed by atoms with Crippen molar-refractivity contribution < 1.29 is 96.3 Å². The monoisotopic (exact) mass is 202 g/mol. The van der Waals surface area contributed by atoms with Crippen molar-refractivity contribution in [3.8, 4) is 0 Å². The summed E-state index contributed by atoms with van der Waals surface area (Å²) in [7, 11) is 0. The topological polar surface area (TPSA) is 0 Å². The zero-order chi connectivity index (χ0) is 0. The number of rotatable bonds is 0. The third-order valence-electron chi connectivity index (χ3n) is 0. The first kappa shape index (κ1) is 128. The summed E-state index contributed by atoms with van der Waals surface area (Å²) in [6.45, 7) is 0. The first-order valence-electron chi connectivity index (χ1n) is 0. The molecule has 7 heteroatoms. The maximum Gasteiger partial charge on any atom is 1.00 e. The second-order valence-electron chi connectivity index (χ2n) is 0. The molecule has 0 bridgehead atoms. The molecule has 0 atom stereocenters. The molecule has 0 aromatic carbocycles. The van der Waals surface area contributed by atoms with Crippen LogP contribution in [0.3, 0.4) is 0 Å². The summed E-state index contributed by atoms with van der Waals surface area (Å²) in [6.07, 6.45) is 0. The maximum atomic E-state index is 0. The molecule has 0 N–H and O–H groups in total. The van der Waals surface area contributed by atoms with E-state index in [4.69, 9.17) is 0 Å². The molecule has 0 saturated heterocycles. The summed E-state index contributed by atoms with van der Waals surface area (Å²) in [5.41, 5.74) is 0. The fourth-order valence-corrected chi connectivity index (χ4v) is 0. The molecule has 40 valence electrons. The minimum absolute atomic E-state index is 0. The Hall–Kier alpha value is 2.20. The van der Waals surface area contributed by atoms with Crippen molar-refractivity contribution in [2.75, 3.05) is 0 Å². The standard InChI is InChI=1S/4FH.Li.Na.Zr.2H/h4*1H;;;;;/q;;;;2*+1;;2*-1. The molecule has 0 spiro atoms. The Kier molecular flexibility index (Phi) is 1600. The average Bonchev–Trinajstić information content (AvgIpc) is 0. The van der Waals surface area contributed by atoms with E-state index in [9.17, 15) is 0 Å². The molecule has 0 fully saturated rings. The van der Waals surface area contributed by atoms with Crippen molar-refractivity contribution in [1.29, 1.82) is 0 Å². The molecule has 0 heterocycles. The van der Waals surface area contributed by atoms with E-state index in [2.05, 4.69) is 0 Å². The Labute approximate surface area is 95.2 Å². The molecule has 0 unspecified atom stereocenters. The van der Waals surface area contributed by atoms with Gasteiger partial charge in [0.2, 0.25) is 0 Å². The molecule has 0 nitrogen and oxygen atoms in total. The molecule has 0 aromatic heterocycles. The van der Waals surface area contributed by atoms with Crippen molar-refractivity contribution in [2.45, 2.75) is 0 Å². The fourth-order valence-electron chi connectivity index (χ4n) is 0. The molecule has 0 amide bonds. The first-order chi connectivity index (χ1) is 0. The Bertz CT molecular complexity index is 18.5. The number of hydrogen-bond acceptors (Lipinski definition) is 0. The van der Waals surface area contributed by atoms with Crippen LogP contribution in [0.2, 0.25) is 0 Å². The number of halogens is 4. The average molecular weight is 203 g/mol. The fraction of sp³-hybridized carbons (Fsp3) is 0. The molecule has 0 aromatic rings. The summed E-state index contributed by atoms with van der Waals surface area (Å²) >= 11 is 0. The van der Waals surface area contributed by atoms with E-state index in [0.717, 1.165) is 0 Å². The molecular weight excluding hydrogens is 197 g/mol. The smallest absolute Gasteiger partial charge is 1.00 e. The van der Waals surface area contributed by atoms with Gasteiger partial charge in [0.15, 0.2) is 0 Å². The molecular formula is H6F4LiNaZr. The van der Waals surface area contributed by atoms with Gasteiger partial charge in [0.25, 0.3) is 0 Å². The molecule has 0 aliphatic heterocycles. The van der Waals surface area contributed by atoms with Crippen molar-refractivity contribution in [1.82, 2.24) is 0 Å². The van der Waals surface area contributed by atoms with Gasteiger partial charge in [0, 0.05) is 26.2 Å². The van der Waals surface area contributed by atoms with Gasteiger partial charge in [-0.2, -0.15) is 0 Å². The Morgan fingerprint density at radius 3 is 0.714 bits per heavy atom. The van der Waals surface area contributed by atoms with Crippen LogP contribution in [0, 0.1) is 0 Å². The molecule has 0 aliphatic carbocycles. The van der Waals surface area contributed by atoms with E-state index in [-0.39, 0.29) is 96.3 Å². The summed E-state index contributed by atoms with van der Waals surface area (Å²) < 4.78 is 0. The molecule has 0 saturated carbocycles. The SMILES string of the molecule is F.F.F.F.[H-].[H-].[Li+].[Na+].[Zr]. The minimum Gasteiger partial charge on any atom is -1.00 e. The molecule has 7 heavy (non-hydrogen) atoms. The molecule has 0 aliphatic rings. The first-order valence-corrected chi connectivity index (χ1v) is 0. The van der Waals surface area contributed by atoms with Crippen LogP contribution in [-0.4, -0.2) is 0 Å². The van der Waals surface area contributed by atoms with Crippen LogP contribution >= 0.6 is 0 Å². The van der Waals surface area contributed by atoms with Gasteiger partial charge in [-0.1, -0.05) is 0 Å². The largest absolute Gasteiger partial charge is 1.00 e. The van der Waals surface area contributed by atoms with Crippen molar-refractivity contribution in [2.24, 2.45) is 0 Å². The van der Waals surface area contributed by atoms with Crippen molar-refractivity contribution in [3.63, 3.8) is 0 Å². The summed E-state index contributed by atoms with van der Waals surface area (Å²) in [6, 6.07) is 0. The Balaban J connectivity index is 0. The zero-order valence-electron chi connectivity index (χ0n) is 6.13. The second-order valence-corrected chi connectivity index (χ2v) is 0. The normalized spacial score (nSPS) is 0. The van der Waals surface area contributed by atoms with E-state index in [1.54, 1.807) is 0 Å². The van der Waals surface area contributed by atoms with Gasteiger partial charge < -0.3 is 2.85 Å². The van der Waals surface area contributed by atoms with Gasteiger partial charge in [-0.25, -0.2) is 0 Å². The minimum atomic E-state index is 0. The second kappa shape index (κ2) is 87.8. The van der Waals surface area contributed by atoms with Gasteiger partial charge in [0.1, 0.15) is 0 Å².